The summed E-state index contributed by atoms with van der Waals surface area (Å²) in [6, 6.07) is 7.43. The van der Waals surface area contributed by atoms with Crippen LogP contribution in [-0.4, -0.2) is 46.0 Å². The lowest BCUT2D eigenvalue weighted by Crippen LogP contribution is -2.44. The van der Waals surface area contributed by atoms with Gasteiger partial charge >= 0.3 is 0 Å². The number of hydrogen-bond acceptors (Lipinski definition) is 4. The maximum atomic E-state index is 12.7. The molecule has 0 saturated carbocycles. The van der Waals surface area contributed by atoms with Crippen LogP contribution in [0.1, 0.15) is 19.8 Å². The molecule has 1 aromatic heterocycles. The molecule has 1 N–H and O–H groups in total. The fourth-order valence-corrected chi connectivity index (χ4v) is 3.11. The van der Waals surface area contributed by atoms with Crippen molar-refractivity contribution < 1.29 is 4.79 Å². The van der Waals surface area contributed by atoms with Gasteiger partial charge in [0.1, 0.15) is 6.54 Å². The first-order valence-electron chi connectivity index (χ1n) is 8.15. The third-order valence-electron chi connectivity index (χ3n) is 4.30. The molecule has 1 fully saturated rings. The van der Waals surface area contributed by atoms with E-state index in [4.69, 9.17) is 0 Å². The molecule has 1 atom stereocenters. The number of para-hydroxylation sites is 1. The highest BCUT2D eigenvalue weighted by molar-refractivity contribution is 5.85. The monoisotopic (exact) mass is 350 g/mol. The lowest BCUT2D eigenvalue weighted by Gasteiger charge is -2.28. The Balaban J connectivity index is 0.00000208. The Morgan fingerprint density at radius 2 is 2.21 bits per heavy atom. The topological polar surface area (TPSA) is 67.2 Å². The van der Waals surface area contributed by atoms with Gasteiger partial charge in [-0.15, -0.1) is 12.4 Å². The molecule has 1 unspecified atom stereocenters. The number of nitrogens with one attached hydrogen (secondary N) is 1. The fraction of sp³-hybridized carbons (Fsp3) is 0.471. The third-order valence-corrected chi connectivity index (χ3v) is 4.30. The molecule has 1 aliphatic heterocycles. The maximum absolute atomic E-state index is 12.7. The molecule has 1 aromatic carbocycles. The van der Waals surface area contributed by atoms with Crippen LogP contribution in [-0.2, 0) is 11.3 Å². The molecule has 7 heteroatoms. The Kier molecular flexibility index (Phi) is 6.34. The normalized spacial score (nSPS) is 16.8. The van der Waals surface area contributed by atoms with E-state index in [1.165, 1.54) is 10.9 Å². The molecule has 0 aliphatic carbocycles. The Labute approximate surface area is 147 Å². The maximum Gasteiger partial charge on any atom is 0.261 e. The fourth-order valence-electron chi connectivity index (χ4n) is 3.11. The Morgan fingerprint density at radius 3 is 2.92 bits per heavy atom. The van der Waals surface area contributed by atoms with Crippen LogP contribution in [0, 0.1) is 0 Å². The number of amides is 1. The van der Waals surface area contributed by atoms with E-state index in [2.05, 4.69) is 17.2 Å². The SMILES string of the molecule is CCCN(C(=O)Cn1cnc2ccccc2c1=O)C1CCNC1.Cl. The molecule has 6 nitrogen and oxygen atoms in total. The van der Waals surface area contributed by atoms with Gasteiger partial charge in [0, 0.05) is 19.1 Å². The molecule has 130 valence electrons. The zero-order chi connectivity index (χ0) is 16.2. The quantitative estimate of drug-likeness (QED) is 0.885. The van der Waals surface area contributed by atoms with E-state index < -0.39 is 0 Å². The molecule has 1 amide bonds. The van der Waals surface area contributed by atoms with E-state index in [0.29, 0.717) is 10.9 Å². The number of rotatable bonds is 5. The van der Waals surface area contributed by atoms with E-state index in [9.17, 15) is 9.59 Å². The average Bonchev–Trinajstić information content (AvgIpc) is 3.09. The van der Waals surface area contributed by atoms with Crippen LogP contribution in [0.2, 0.25) is 0 Å². The van der Waals surface area contributed by atoms with E-state index in [1.54, 1.807) is 12.1 Å². The van der Waals surface area contributed by atoms with Gasteiger partial charge in [0.25, 0.3) is 5.56 Å². The van der Waals surface area contributed by atoms with Crippen LogP contribution < -0.4 is 10.9 Å². The number of carbonyl (C=O) groups is 1. The van der Waals surface area contributed by atoms with Gasteiger partial charge in [0.15, 0.2) is 0 Å². The summed E-state index contributed by atoms with van der Waals surface area (Å²) < 4.78 is 1.41. The number of hydrogen-bond donors (Lipinski definition) is 1. The van der Waals surface area contributed by atoms with Crippen molar-refractivity contribution in [2.45, 2.75) is 32.4 Å². The first-order chi connectivity index (χ1) is 11.2. The summed E-state index contributed by atoms with van der Waals surface area (Å²) in [5, 5.41) is 3.84. The Bertz CT molecular complexity index is 756. The molecule has 0 radical (unpaired) electrons. The Hall–Kier alpha value is -1.92. The minimum absolute atomic E-state index is 0. The van der Waals surface area contributed by atoms with Crippen LogP contribution in [0.15, 0.2) is 35.4 Å². The van der Waals surface area contributed by atoms with Gasteiger partial charge in [0.2, 0.25) is 5.91 Å². The number of halogens is 1. The predicted octanol–water partition coefficient (Wildman–Crippen LogP) is 1.42. The van der Waals surface area contributed by atoms with Crippen molar-refractivity contribution in [3.63, 3.8) is 0 Å². The molecule has 0 bridgehead atoms. The van der Waals surface area contributed by atoms with Crippen molar-refractivity contribution in [3.05, 3.63) is 40.9 Å². The van der Waals surface area contributed by atoms with E-state index in [1.807, 2.05) is 17.0 Å². The molecular weight excluding hydrogens is 328 g/mol. The molecule has 1 aliphatic rings. The first kappa shape index (κ1) is 18.4. The van der Waals surface area contributed by atoms with Crippen molar-refractivity contribution >= 4 is 29.2 Å². The number of benzene rings is 1. The van der Waals surface area contributed by atoms with Gasteiger partial charge in [-0.2, -0.15) is 0 Å². The second-order valence-corrected chi connectivity index (χ2v) is 5.93. The van der Waals surface area contributed by atoms with Crippen molar-refractivity contribution in [2.24, 2.45) is 0 Å². The summed E-state index contributed by atoms with van der Waals surface area (Å²) in [6.07, 6.45) is 3.35. The molecule has 2 heterocycles. The number of carbonyl (C=O) groups excluding carboxylic acids is 1. The van der Waals surface area contributed by atoms with Crippen LogP contribution in [0.5, 0.6) is 0 Å². The van der Waals surface area contributed by atoms with Gasteiger partial charge in [-0.3, -0.25) is 14.2 Å². The lowest BCUT2D eigenvalue weighted by molar-refractivity contribution is -0.133. The van der Waals surface area contributed by atoms with Crippen molar-refractivity contribution in [1.82, 2.24) is 19.8 Å². The summed E-state index contributed by atoms with van der Waals surface area (Å²) in [6.45, 7) is 4.60. The summed E-state index contributed by atoms with van der Waals surface area (Å²) >= 11 is 0. The summed E-state index contributed by atoms with van der Waals surface area (Å²) in [5.41, 5.74) is 0.497. The highest BCUT2D eigenvalue weighted by Crippen LogP contribution is 2.11. The van der Waals surface area contributed by atoms with Crippen LogP contribution >= 0.6 is 12.4 Å². The number of aromatic nitrogens is 2. The first-order valence-corrected chi connectivity index (χ1v) is 8.15. The number of nitrogens with zero attached hydrogens (tertiary/aromatic N) is 3. The van der Waals surface area contributed by atoms with Gasteiger partial charge in [-0.05, 0) is 31.5 Å². The zero-order valence-corrected chi connectivity index (χ0v) is 14.6. The summed E-state index contributed by atoms with van der Waals surface area (Å²) in [5.74, 6) is -0.0141. The lowest BCUT2D eigenvalue weighted by atomic mass is 10.2. The van der Waals surface area contributed by atoms with Gasteiger partial charge in [0.05, 0.1) is 17.2 Å². The molecule has 1 saturated heterocycles. The van der Waals surface area contributed by atoms with Gasteiger partial charge < -0.3 is 10.2 Å². The average molecular weight is 351 g/mol. The minimum atomic E-state index is -0.162. The van der Waals surface area contributed by atoms with Crippen LogP contribution in [0.4, 0.5) is 0 Å². The highest BCUT2D eigenvalue weighted by atomic mass is 35.5. The summed E-state index contributed by atoms with van der Waals surface area (Å²) in [7, 11) is 0. The van der Waals surface area contributed by atoms with E-state index >= 15 is 0 Å². The molecule has 3 rings (SSSR count). The smallest absolute Gasteiger partial charge is 0.261 e. The minimum Gasteiger partial charge on any atom is -0.337 e. The standard InChI is InChI=1S/C17H22N4O2.ClH/c1-2-9-21(13-7-8-18-10-13)16(22)11-20-12-19-15-6-4-3-5-14(15)17(20)23;/h3-6,12-13,18H,2,7-11H2,1H3;1H. The van der Waals surface area contributed by atoms with Gasteiger partial charge in [-0.25, -0.2) is 4.98 Å². The largest absolute Gasteiger partial charge is 0.337 e. The van der Waals surface area contributed by atoms with Crippen molar-refractivity contribution in [3.8, 4) is 0 Å². The summed E-state index contributed by atoms with van der Waals surface area (Å²) in [4.78, 5) is 31.4. The zero-order valence-electron chi connectivity index (χ0n) is 13.8. The Morgan fingerprint density at radius 1 is 1.42 bits per heavy atom. The van der Waals surface area contributed by atoms with Crippen molar-refractivity contribution in [2.75, 3.05) is 19.6 Å². The molecule has 2 aromatic rings. The second kappa shape index (κ2) is 8.26. The van der Waals surface area contributed by atoms with E-state index in [-0.39, 0.29) is 36.5 Å². The molecule has 24 heavy (non-hydrogen) atoms. The third kappa shape index (κ3) is 3.76. The van der Waals surface area contributed by atoms with Crippen LogP contribution in [0.25, 0.3) is 10.9 Å². The van der Waals surface area contributed by atoms with Gasteiger partial charge in [-0.1, -0.05) is 19.1 Å². The molecular formula is C17H23ClN4O2. The van der Waals surface area contributed by atoms with E-state index in [0.717, 1.165) is 32.5 Å². The predicted molar refractivity (Wildman–Crippen MR) is 96.5 cm³/mol. The van der Waals surface area contributed by atoms with Crippen LogP contribution in [0.3, 0.4) is 0 Å². The number of fused-ring (bicyclic) bond motifs is 1. The second-order valence-electron chi connectivity index (χ2n) is 5.93. The molecule has 0 spiro atoms. The highest BCUT2D eigenvalue weighted by Gasteiger charge is 2.26. The van der Waals surface area contributed by atoms with Crippen molar-refractivity contribution in [1.29, 1.82) is 0 Å².